The number of hydrogen-bond donors (Lipinski definition) is 2. The first-order valence-electron chi connectivity index (χ1n) is 8.71. The number of nitrogens with one attached hydrogen (secondary N) is 2. The average Bonchev–Trinajstić information content (AvgIpc) is 2.65. The third kappa shape index (κ3) is 4.44. The van der Waals surface area contributed by atoms with E-state index in [0.717, 1.165) is 28.1 Å². The van der Waals surface area contributed by atoms with Crippen LogP contribution >= 0.6 is 0 Å². The first-order chi connectivity index (χ1) is 13.0. The fourth-order valence-corrected chi connectivity index (χ4v) is 2.77. The van der Waals surface area contributed by atoms with E-state index < -0.39 is 0 Å². The van der Waals surface area contributed by atoms with Crippen molar-refractivity contribution in [2.75, 3.05) is 17.7 Å². The number of benzene rings is 2. The normalized spacial score (nSPS) is 10.4. The summed E-state index contributed by atoms with van der Waals surface area (Å²) < 4.78 is 5.32. The maximum atomic E-state index is 12.7. The number of ether oxygens (including phenoxy) is 1. The smallest absolute Gasteiger partial charge is 0.257 e. The SMILES string of the molecule is COc1ccc(C)cc1NC(=O)c1cncc(Nc2cc(C)ccc2C)c1. The van der Waals surface area contributed by atoms with Crippen LogP contribution in [0.4, 0.5) is 17.1 Å². The summed E-state index contributed by atoms with van der Waals surface area (Å²) in [4.78, 5) is 16.9. The van der Waals surface area contributed by atoms with Gasteiger partial charge in [0.05, 0.1) is 30.2 Å². The average molecular weight is 361 g/mol. The zero-order valence-electron chi connectivity index (χ0n) is 16.0. The number of aryl methyl sites for hydroxylation is 3. The molecule has 138 valence electrons. The third-order valence-electron chi connectivity index (χ3n) is 4.28. The topological polar surface area (TPSA) is 63.2 Å². The van der Waals surface area contributed by atoms with E-state index in [0.29, 0.717) is 17.0 Å². The fraction of sp³-hybridized carbons (Fsp3) is 0.182. The number of carbonyl (C=O) groups is 1. The molecule has 0 bridgehead atoms. The first-order valence-corrected chi connectivity index (χ1v) is 8.71. The van der Waals surface area contributed by atoms with E-state index in [1.54, 1.807) is 25.6 Å². The molecule has 0 radical (unpaired) electrons. The molecule has 0 spiro atoms. The molecule has 3 rings (SSSR count). The van der Waals surface area contributed by atoms with E-state index >= 15 is 0 Å². The van der Waals surface area contributed by atoms with Gasteiger partial charge in [0.2, 0.25) is 0 Å². The van der Waals surface area contributed by atoms with Crippen molar-refractivity contribution in [3.05, 3.63) is 77.1 Å². The highest BCUT2D eigenvalue weighted by molar-refractivity contribution is 6.05. The summed E-state index contributed by atoms with van der Waals surface area (Å²) in [5, 5.41) is 6.24. The van der Waals surface area contributed by atoms with Gasteiger partial charge in [0.15, 0.2) is 0 Å². The highest BCUT2D eigenvalue weighted by Crippen LogP contribution is 2.26. The summed E-state index contributed by atoms with van der Waals surface area (Å²) in [6.07, 6.45) is 3.25. The van der Waals surface area contributed by atoms with Crippen molar-refractivity contribution in [2.24, 2.45) is 0 Å². The Labute approximate surface area is 159 Å². The molecular formula is C22H23N3O2. The van der Waals surface area contributed by atoms with Gasteiger partial charge in [-0.1, -0.05) is 18.2 Å². The van der Waals surface area contributed by atoms with Crippen LogP contribution < -0.4 is 15.4 Å². The van der Waals surface area contributed by atoms with Gasteiger partial charge in [0.25, 0.3) is 5.91 Å². The number of methoxy groups -OCH3 is 1. The predicted octanol–water partition coefficient (Wildman–Crippen LogP) is 5.01. The second-order valence-corrected chi connectivity index (χ2v) is 6.56. The molecule has 0 aliphatic rings. The Hall–Kier alpha value is -3.34. The standard InChI is InChI=1S/C22H23N3O2/c1-14-5-7-16(3)19(9-14)24-18-11-17(12-23-13-18)22(26)25-20-10-15(2)6-8-21(20)27-4/h5-13,24H,1-4H3,(H,25,26). The lowest BCUT2D eigenvalue weighted by Gasteiger charge is -2.13. The minimum atomic E-state index is -0.240. The van der Waals surface area contributed by atoms with Crippen molar-refractivity contribution >= 4 is 23.0 Å². The van der Waals surface area contributed by atoms with Crippen molar-refractivity contribution in [3.63, 3.8) is 0 Å². The molecule has 27 heavy (non-hydrogen) atoms. The number of rotatable bonds is 5. The molecule has 1 heterocycles. The van der Waals surface area contributed by atoms with Crippen LogP contribution in [0.25, 0.3) is 0 Å². The quantitative estimate of drug-likeness (QED) is 0.670. The zero-order valence-corrected chi connectivity index (χ0v) is 16.0. The Bertz CT molecular complexity index is 983. The summed E-state index contributed by atoms with van der Waals surface area (Å²) in [5.74, 6) is 0.377. The second kappa shape index (κ2) is 7.91. The molecule has 2 N–H and O–H groups in total. The molecule has 0 unspecified atom stereocenters. The molecular weight excluding hydrogens is 338 g/mol. The van der Waals surface area contributed by atoms with Gasteiger partial charge in [0, 0.05) is 11.9 Å². The molecule has 1 amide bonds. The van der Waals surface area contributed by atoms with E-state index in [4.69, 9.17) is 4.74 Å². The van der Waals surface area contributed by atoms with Crippen LogP contribution in [0.3, 0.4) is 0 Å². The Balaban J connectivity index is 1.82. The van der Waals surface area contributed by atoms with Gasteiger partial charge < -0.3 is 15.4 Å². The Morgan fingerprint density at radius 1 is 0.926 bits per heavy atom. The van der Waals surface area contributed by atoms with Gasteiger partial charge >= 0.3 is 0 Å². The predicted molar refractivity (Wildman–Crippen MR) is 109 cm³/mol. The van der Waals surface area contributed by atoms with E-state index in [-0.39, 0.29) is 5.91 Å². The van der Waals surface area contributed by atoms with Crippen LogP contribution in [0, 0.1) is 20.8 Å². The van der Waals surface area contributed by atoms with Crippen molar-refractivity contribution in [1.82, 2.24) is 4.98 Å². The molecule has 5 nitrogen and oxygen atoms in total. The van der Waals surface area contributed by atoms with E-state index in [2.05, 4.69) is 33.8 Å². The molecule has 0 atom stereocenters. The summed E-state index contributed by atoms with van der Waals surface area (Å²) in [5.41, 5.74) is 6.18. The number of anilines is 3. The highest BCUT2D eigenvalue weighted by Gasteiger charge is 2.11. The summed E-state index contributed by atoms with van der Waals surface area (Å²) in [6.45, 7) is 6.04. The molecule has 5 heteroatoms. The van der Waals surface area contributed by atoms with Gasteiger partial charge in [-0.05, 0) is 61.7 Å². The summed E-state index contributed by atoms with van der Waals surface area (Å²) >= 11 is 0. The maximum Gasteiger partial charge on any atom is 0.257 e. The molecule has 0 saturated carbocycles. The van der Waals surface area contributed by atoms with Crippen molar-refractivity contribution in [3.8, 4) is 5.75 Å². The molecule has 0 aliphatic carbocycles. The molecule has 0 fully saturated rings. The number of amides is 1. The van der Waals surface area contributed by atoms with Crippen LogP contribution in [0.2, 0.25) is 0 Å². The van der Waals surface area contributed by atoms with Crippen molar-refractivity contribution in [2.45, 2.75) is 20.8 Å². The van der Waals surface area contributed by atoms with Crippen molar-refractivity contribution in [1.29, 1.82) is 0 Å². The van der Waals surface area contributed by atoms with Gasteiger partial charge in [0.1, 0.15) is 5.75 Å². The molecule has 0 saturated heterocycles. The minimum Gasteiger partial charge on any atom is -0.495 e. The number of pyridine rings is 1. The van der Waals surface area contributed by atoms with Crippen LogP contribution in [0.15, 0.2) is 54.9 Å². The van der Waals surface area contributed by atoms with Gasteiger partial charge in [-0.3, -0.25) is 9.78 Å². The van der Waals surface area contributed by atoms with Crippen LogP contribution in [-0.2, 0) is 0 Å². The first kappa shape index (κ1) is 18.5. The lowest BCUT2D eigenvalue weighted by molar-refractivity contribution is 0.102. The fourth-order valence-electron chi connectivity index (χ4n) is 2.77. The van der Waals surface area contributed by atoms with Crippen molar-refractivity contribution < 1.29 is 9.53 Å². The van der Waals surface area contributed by atoms with E-state index in [9.17, 15) is 4.79 Å². The monoisotopic (exact) mass is 361 g/mol. The second-order valence-electron chi connectivity index (χ2n) is 6.56. The molecule has 1 aromatic heterocycles. The van der Waals surface area contributed by atoms with Crippen LogP contribution in [0.1, 0.15) is 27.0 Å². The Kier molecular flexibility index (Phi) is 5.41. The lowest BCUT2D eigenvalue weighted by Crippen LogP contribution is -2.13. The molecule has 3 aromatic rings. The number of aromatic nitrogens is 1. The Morgan fingerprint density at radius 2 is 1.63 bits per heavy atom. The molecule has 0 aliphatic heterocycles. The maximum absolute atomic E-state index is 12.7. The van der Waals surface area contributed by atoms with Crippen LogP contribution in [-0.4, -0.2) is 18.0 Å². The highest BCUT2D eigenvalue weighted by atomic mass is 16.5. The van der Waals surface area contributed by atoms with Gasteiger partial charge in [-0.15, -0.1) is 0 Å². The van der Waals surface area contributed by atoms with Gasteiger partial charge in [-0.25, -0.2) is 0 Å². The zero-order chi connectivity index (χ0) is 19.4. The third-order valence-corrected chi connectivity index (χ3v) is 4.28. The van der Waals surface area contributed by atoms with E-state index in [1.165, 1.54) is 0 Å². The number of nitrogens with zero attached hydrogens (tertiary/aromatic N) is 1. The van der Waals surface area contributed by atoms with Gasteiger partial charge in [-0.2, -0.15) is 0 Å². The largest absolute Gasteiger partial charge is 0.495 e. The lowest BCUT2D eigenvalue weighted by atomic mass is 10.1. The molecule has 2 aromatic carbocycles. The van der Waals surface area contributed by atoms with E-state index in [1.807, 2.05) is 39.0 Å². The minimum absolute atomic E-state index is 0.240. The summed E-state index contributed by atoms with van der Waals surface area (Å²) in [6, 6.07) is 13.6. The Morgan fingerprint density at radius 3 is 2.37 bits per heavy atom. The summed E-state index contributed by atoms with van der Waals surface area (Å²) in [7, 11) is 1.58. The van der Waals surface area contributed by atoms with Crippen LogP contribution in [0.5, 0.6) is 5.75 Å². The number of hydrogen-bond acceptors (Lipinski definition) is 4. The number of carbonyl (C=O) groups excluding carboxylic acids is 1.